The summed E-state index contributed by atoms with van der Waals surface area (Å²) in [7, 11) is 0. The molecule has 0 aliphatic heterocycles. The number of fused-ring (bicyclic) bond motifs is 2. The summed E-state index contributed by atoms with van der Waals surface area (Å²) < 4.78 is 1.13. The summed E-state index contributed by atoms with van der Waals surface area (Å²) in [6, 6.07) is 18.4. The number of hydrogen-bond acceptors (Lipinski definition) is 4. The van der Waals surface area contributed by atoms with Crippen molar-refractivity contribution in [2.24, 2.45) is 0 Å². The minimum Gasteiger partial charge on any atom is -0.302 e. The molecule has 0 saturated carbocycles. The van der Waals surface area contributed by atoms with Crippen LogP contribution in [0.4, 0.5) is 5.13 Å². The van der Waals surface area contributed by atoms with Crippen LogP contribution in [-0.2, 0) is 0 Å². The average molecular weight is 468 g/mol. The number of thiazole rings is 1. The second-order valence-electron chi connectivity index (χ2n) is 7.97. The van der Waals surface area contributed by atoms with E-state index in [1.54, 1.807) is 11.3 Å². The molecule has 0 bridgehead atoms. The van der Waals surface area contributed by atoms with Crippen LogP contribution in [-0.4, -0.2) is 42.0 Å². The van der Waals surface area contributed by atoms with Gasteiger partial charge in [0.05, 0.1) is 10.2 Å². The Bertz CT molecular complexity index is 1230. The lowest BCUT2D eigenvalue weighted by Crippen LogP contribution is -2.38. The van der Waals surface area contributed by atoms with E-state index in [-0.39, 0.29) is 18.3 Å². The molecule has 3 aromatic carbocycles. The van der Waals surface area contributed by atoms with Crippen molar-refractivity contribution < 1.29 is 4.79 Å². The Hall–Kier alpha value is -2.47. The van der Waals surface area contributed by atoms with E-state index in [0.717, 1.165) is 51.3 Å². The highest BCUT2D eigenvalue weighted by Gasteiger charge is 2.22. The van der Waals surface area contributed by atoms with Gasteiger partial charge in [-0.15, -0.1) is 12.4 Å². The average Bonchev–Trinajstić information content (AvgIpc) is 3.20. The van der Waals surface area contributed by atoms with Gasteiger partial charge in [0.1, 0.15) is 0 Å². The largest absolute Gasteiger partial charge is 0.302 e. The topological polar surface area (TPSA) is 36.4 Å². The molecule has 0 saturated heterocycles. The third-order valence-electron chi connectivity index (χ3n) is 5.83. The number of hydrogen-bond donors (Lipinski definition) is 0. The zero-order valence-corrected chi connectivity index (χ0v) is 20.7. The van der Waals surface area contributed by atoms with Gasteiger partial charge < -0.3 is 4.90 Å². The maximum atomic E-state index is 13.7. The summed E-state index contributed by atoms with van der Waals surface area (Å²) in [5.41, 5.74) is 4.06. The van der Waals surface area contributed by atoms with Crippen molar-refractivity contribution in [2.45, 2.75) is 27.7 Å². The number of carbonyl (C=O) groups excluding carboxylic acids is 1. The summed E-state index contributed by atoms with van der Waals surface area (Å²) >= 11 is 1.60. The van der Waals surface area contributed by atoms with Gasteiger partial charge in [-0.05, 0) is 67.0 Å². The van der Waals surface area contributed by atoms with Gasteiger partial charge in [0, 0.05) is 18.7 Å². The van der Waals surface area contributed by atoms with Crippen molar-refractivity contribution in [3.63, 3.8) is 0 Å². The Balaban J connectivity index is 0.00000289. The minimum atomic E-state index is 0. The Morgan fingerprint density at radius 3 is 2.38 bits per heavy atom. The molecule has 6 heteroatoms. The standard InChI is InChI=1S/C26H29N3OS.ClH/c1-5-28(6-2)13-14-29(26-27-24-19(4)15-18(3)16-23(24)31-26)25(30)22-12-11-20-9-7-8-10-21(20)17-22;/h7-12,15-17H,5-6,13-14H2,1-4H3;1H. The lowest BCUT2D eigenvalue weighted by atomic mass is 10.1. The normalized spacial score (nSPS) is 11.2. The molecule has 0 radical (unpaired) electrons. The van der Waals surface area contributed by atoms with Crippen LogP contribution in [0.3, 0.4) is 0 Å². The molecule has 32 heavy (non-hydrogen) atoms. The molecule has 1 amide bonds. The summed E-state index contributed by atoms with van der Waals surface area (Å²) in [5.74, 6) is 0.00587. The molecule has 0 spiro atoms. The van der Waals surface area contributed by atoms with E-state index < -0.39 is 0 Å². The molecule has 168 valence electrons. The van der Waals surface area contributed by atoms with Crippen LogP contribution in [0.15, 0.2) is 54.6 Å². The van der Waals surface area contributed by atoms with E-state index in [4.69, 9.17) is 4.98 Å². The van der Waals surface area contributed by atoms with Crippen LogP contribution in [0.5, 0.6) is 0 Å². The number of benzene rings is 3. The van der Waals surface area contributed by atoms with E-state index >= 15 is 0 Å². The Morgan fingerprint density at radius 1 is 0.938 bits per heavy atom. The second-order valence-corrected chi connectivity index (χ2v) is 8.98. The molecule has 0 aliphatic carbocycles. The SMILES string of the molecule is CCN(CC)CCN(C(=O)c1ccc2ccccc2c1)c1nc2c(C)cc(C)cc2s1.Cl. The van der Waals surface area contributed by atoms with Crippen LogP contribution >= 0.6 is 23.7 Å². The maximum absolute atomic E-state index is 13.7. The predicted molar refractivity (Wildman–Crippen MR) is 140 cm³/mol. The third-order valence-corrected chi connectivity index (χ3v) is 6.85. The monoisotopic (exact) mass is 467 g/mol. The summed E-state index contributed by atoms with van der Waals surface area (Å²) in [6.07, 6.45) is 0. The highest BCUT2D eigenvalue weighted by Crippen LogP contribution is 2.32. The highest BCUT2D eigenvalue weighted by atomic mass is 35.5. The zero-order valence-electron chi connectivity index (χ0n) is 19.1. The molecule has 0 atom stereocenters. The van der Waals surface area contributed by atoms with E-state index in [9.17, 15) is 4.79 Å². The number of likely N-dealkylation sites (N-methyl/N-ethyl adjacent to an activating group) is 1. The molecule has 1 aromatic heterocycles. The molecular formula is C26H30ClN3OS. The first kappa shape index (κ1) is 24.2. The fourth-order valence-electron chi connectivity index (χ4n) is 4.02. The van der Waals surface area contributed by atoms with E-state index in [1.807, 2.05) is 35.2 Å². The van der Waals surface area contributed by atoms with Crippen LogP contribution in [0.25, 0.3) is 21.0 Å². The molecular weight excluding hydrogens is 438 g/mol. The van der Waals surface area contributed by atoms with E-state index in [0.29, 0.717) is 12.1 Å². The quantitative estimate of drug-likeness (QED) is 0.312. The zero-order chi connectivity index (χ0) is 22.0. The van der Waals surface area contributed by atoms with Gasteiger partial charge in [0.15, 0.2) is 5.13 Å². The van der Waals surface area contributed by atoms with Crippen LogP contribution in [0, 0.1) is 13.8 Å². The number of nitrogens with zero attached hydrogens (tertiary/aromatic N) is 3. The first-order valence-electron chi connectivity index (χ1n) is 10.9. The fourth-order valence-corrected chi connectivity index (χ4v) is 5.18. The number of aromatic nitrogens is 1. The number of amides is 1. The molecule has 0 unspecified atom stereocenters. The van der Waals surface area contributed by atoms with Gasteiger partial charge in [0.25, 0.3) is 5.91 Å². The number of aryl methyl sites for hydroxylation is 2. The van der Waals surface area contributed by atoms with Crippen LogP contribution < -0.4 is 4.90 Å². The van der Waals surface area contributed by atoms with Gasteiger partial charge in [-0.2, -0.15) is 0 Å². The van der Waals surface area contributed by atoms with Gasteiger partial charge >= 0.3 is 0 Å². The van der Waals surface area contributed by atoms with E-state index in [2.05, 4.69) is 56.9 Å². The Kier molecular flexibility index (Phi) is 7.88. The van der Waals surface area contributed by atoms with Crippen molar-refractivity contribution in [1.82, 2.24) is 9.88 Å². The lowest BCUT2D eigenvalue weighted by molar-refractivity contribution is 0.0984. The van der Waals surface area contributed by atoms with Gasteiger partial charge in [-0.1, -0.05) is 61.6 Å². The number of anilines is 1. The predicted octanol–water partition coefficient (Wildman–Crippen LogP) is 6.48. The summed E-state index contributed by atoms with van der Waals surface area (Å²) in [5, 5.41) is 2.99. The first-order valence-corrected chi connectivity index (χ1v) is 11.7. The Morgan fingerprint density at radius 2 is 1.66 bits per heavy atom. The molecule has 0 N–H and O–H groups in total. The van der Waals surface area contributed by atoms with Crippen molar-refractivity contribution >= 4 is 55.8 Å². The van der Waals surface area contributed by atoms with Crippen molar-refractivity contribution in [2.75, 3.05) is 31.1 Å². The Labute approximate surface area is 200 Å². The maximum Gasteiger partial charge on any atom is 0.260 e. The van der Waals surface area contributed by atoms with Crippen molar-refractivity contribution in [1.29, 1.82) is 0 Å². The minimum absolute atomic E-state index is 0. The fraction of sp³-hybridized carbons (Fsp3) is 0.308. The summed E-state index contributed by atoms with van der Waals surface area (Å²) in [6.45, 7) is 11.9. The van der Waals surface area contributed by atoms with Crippen LogP contribution in [0.2, 0.25) is 0 Å². The van der Waals surface area contributed by atoms with Crippen LogP contribution in [0.1, 0.15) is 35.3 Å². The van der Waals surface area contributed by atoms with Gasteiger partial charge in [-0.3, -0.25) is 9.69 Å². The van der Waals surface area contributed by atoms with Gasteiger partial charge in [-0.25, -0.2) is 4.98 Å². The number of rotatable bonds is 7. The summed E-state index contributed by atoms with van der Waals surface area (Å²) in [4.78, 5) is 22.8. The number of halogens is 1. The highest BCUT2D eigenvalue weighted by molar-refractivity contribution is 7.22. The van der Waals surface area contributed by atoms with Crippen molar-refractivity contribution in [3.8, 4) is 0 Å². The number of carbonyl (C=O) groups is 1. The molecule has 1 heterocycles. The molecule has 4 rings (SSSR count). The van der Waals surface area contributed by atoms with Crippen molar-refractivity contribution in [3.05, 3.63) is 71.3 Å². The molecule has 4 aromatic rings. The van der Waals surface area contributed by atoms with Gasteiger partial charge in [0.2, 0.25) is 0 Å². The first-order chi connectivity index (χ1) is 15.0. The smallest absolute Gasteiger partial charge is 0.260 e. The third kappa shape index (κ3) is 4.96. The molecule has 0 fully saturated rings. The lowest BCUT2D eigenvalue weighted by Gasteiger charge is -2.25. The second kappa shape index (κ2) is 10.4. The molecule has 0 aliphatic rings. The molecule has 4 nitrogen and oxygen atoms in total. The van der Waals surface area contributed by atoms with E-state index in [1.165, 1.54) is 5.56 Å².